The van der Waals surface area contributed by atoms with Crippen LogP contribution in [-0.4, -0.2) is 157 Å². The van der Waals surface area contributed by atoms with Crippen molar-refractivity contribution in [2.75, 3.05) is 19.8 Å². The minimum absolute atomic E-state index is 0.436. The Hall–Kier alpha value is -1.49. The lowest BCUT2D eigenvalue weighted by molar-refractivity contribution is -0.362. The average molecular weight is 607 g/mol. The molecule has 42 heavy (non-hydrogen) atoms. The van der Waals surface area contributed by atoms with E-state index in [2.05, 4.69) is 4.98 Å². The maximum atomic E-state index is 11.1. The molecule has 0 spiro atoms. The van der Waals surface area contributed by atoms with Gasteiger partial charge in [-0.2, -0.15) is 0 Å². The third-order valence-electron chi connectivity index (χ3n) is 8.38. The molecule has 0 saturated carbocycles. The van der Waals surface area contributed by atoms with E-state index in [1.165, 1.54) is 6.20 Å². The first-order valence-electron chi connectivity index (χ1n) is 13.6. The van der Waals surface area contributed by atoms with Gasteiger partial charge in [0.2, 0.25) is 0 Å². The zero-order valence-electron chi connectivity index (χ0n) is 22.9. The summed E-state index contributed by atoms with van der Waals surface area (Å²) in [5.74, 6) is -0.776. The summed E-state index contributed by atoms with van der Waals surface area (Å²) < 4.78 is 28.7. The van der Waals surface area contributed by atoms with Gasteiger partial charge in [0.05, 0.1) is 37.9 Å². The first-order chi connectivity index (χ1) is 19.9. The molecule has 17 heteroatoms. The van der Waals surface area contributed by atoms with Crippen molar-refractivity contribution in [1.82, 2.24) is 4.98 Å². The molecule has 4 rings (SSSR count). The summed E-state index contributed by atoms with van der Waals surface area (Å²) in [5, 5.41) is 83.5. The van der Waals surface area contributed by atoms with Crippen LogP contribution in [-0.2, 0) is 23.7 Å². The van der Waals surface area contributed by atoms with Gasteiger partial charge in [0.15, 0.2) is 18.9 Å². The highest BCUT2D eigenvalue weighted by Gasteiger charge is 2.58. The van der Waals surface area contributed by atoms with E-state index in [9.17, 15) is 40.9 Å². The molecule has 0 bridgehead atoms. The fraction of sp³-hybridized carbons (Fsp3) is 0.800. The number of ether oxygens (including phenoxy) is 5. The van der Waals surface area contributed by atoms with E-state index in [-0.39, 0.29) is 0 Å². The molecule has 3 saturated heterocycles. The van der Waals surface area contributed by atoms with Crippen molar-refractivity contribution in [2.24, 2.45) is 17.2 Å². The molecule has 3 fully saturated rings. The van der Waals surface area contributed by atoms with E-state index in [0.717, 1.165) is 0 Å². The predicted molar refractivity (Wildman–Crippen MR) is 139 cm³/mol. The Kier molecular flexibility index (Phi) is 10.9. The van der Waals surface area contributed by atoms with Crippen LogP contribution >= 0.6 is 0 Å². The van der Waals surface area contributed by atoms with Gasteiger partial charge in [-0.15, -0.1) is 0 Å². The maximum absolute atomic E-state index is 11.1. The second-order valence-corrected chi connectivity index (χ2v) is 10.9. The molecule has 16 atom stereocenters. The van der Waals surface area contributed by atoms with Gasteiger partial charge < -0.3 is 81.7 Å². The van der Waals surface area contributed by atoms with Gasteiger partial charge in [0.1, 0.15) is 54.4 Å². The third kappa shape index (κ3) is 6.07. The van der Waals surface area contributed by atoms with Gasteiger partial charge in [-0.3, -0.25) is 4.98 Å². The van der Waals surface area contributed by atoms with E-state index >= 15 is 0 Å². The topological polar surface area (TPSA) is 299 Å². The number of nitrogens with two attached hydrogens (primary N) is 3. The fourth-order valence-electron chi connectivity index (χ4n) is 5.61. The van der Waals surface area contributed by atoms with Crippen LogP contribution in [0.4, 0.5) is 0 Å². The molecule has 1 aromatic rings. The smallest absolute Gasteiger partial charge is 0.176 e. The molecule has 14 N–H and O–H groups in total. The molecular formula is C25H42N4O13. The van der Waals surface area contributed by atoms with Crippen LogP contribution in [0.1, 0.15) is 18.5 Å². The lowest BCUT2D eigenvalue weighted by Crippen LogP contribution is -2.72. The molecular weight excluding hydrogens is 564 g/mol. The van der Waals surface area contributed by atoms with Gasteiger partial charge in [-0.05, 0) is 12.1 Å². The minimum Gasteiger partial charge on any atom is -0.394 e. The minimum atomic E-state index is -1.84. The standard InChI is InChI=1S/C25H42N4O13/c1-9(10-4-2-3-5-29-10)25(8-32)21(36)18(35)15(28)24(42-25)41-20-12(7-31)39-23(14(27)17(20)34)40-19-11(6-30)38-22(37)13(26)16(19)33/h2-5,9,11-24,30-37H,6-8,26-28H2,1H3/t9?,11-,12-,13-,14-,15-,16-,17-,18-,19?,20?,21+,22-,23+,24+,25+/m1/s1. The number of aromatic nitrogens is 1. The number of hydrogen-bond donors (Lipinski definition) is 11. The number of aliphatic hydroxyl groups excluding tert-OH is 8. The normalized spacial score (nSPS) is 47.2. The first-order valence-corrected chi connectivity index (χ1v) is 13.6. The lowest BCUT2D eigenvalue weighted by Gasteiger charge is -2.52. The fourth-order valence-corrected chi connectivity index (χ4v) is 5.61. The Morgan fingerprint density at radius 3 is 1.98 bits per heavy atom. The molecule has 3 aliphatic rings. The largest absolute Gasteiger partial charge is 0.394 e. The monoisotopic (exact) mass is 606 g/mol. The summed E-state index contributed by atoms with van der Waals surface area (Å²) in [5.41, 5.74) is 16.7. The number of aliphatic hydroxyl groups is 8. The Labute approximate surface area is 241 Å². The van der Waals surface area contributed by atoms with Crippen LogP contribution in [0.3, 0.4) is 0 Å². The van der Waals surface area contributed by atoms with Crippen LogP contribution in [0.2, 0.25) is 0 Å². The zero-order valence-corrected chi connectivity index (χ0v) is 22.9. The van der Waals surface area contributed by atoms with Crippen LogP contribution in [0, 0.1) is 0 Å². The molecule has 17 nitrogen and oxygen atoms in total. The average Bonchev–Trinajstić information content (AvgIpc) is 3.00. The van der Waals surface area contributed by atoms with Crippen molar-refractivity contribution in [2.45, 2.75) is 104 Å². The van der Waals surface area contributed by atoms with E-state index in [0.29, 0.717) is 5.69 Å². The van der Waals surface area contributed by atoms with Gasteiger partial charge in [0, 0.05) is 17.8 Å². The molecule has 0 aliphatic carbocycles. The molecule has 0 amide bonds. The van der Waals surface area contributed by atoms with Crippen molar-refractivity contribution in [3.8, 4) is 0 Å². The summed E-state index contributed by atoms with van der Waals surface area (Å²) in [6.45, 7) is -0.544. The summed E-state index contributed by atoms with van der Waals surface area (Å²) in [7, 11) is 0. The highest BCUT2D eigenvalue weighted by molar-refractivity contribution is 5.18. The molecule has 4 heterocycles. The highest BCUT2D eigenvalue weighted by Crippen LogP contribution is 2.41. The van der Waals surface area contributed by atoms with Gasteiger partial charge >= 0.3 is 0 Å². The molecule has 3 aliphatic heterocycles. The Morgan fingerprint density at radius 2 is 1.40 bits per heavy atom. The van der Waals surface area contributed by atoms with E-state index < -0.39 is 117 Å². The predicted octanol–water partition coefficient (Wildman–Crippen LogP) is -6.10. The van der Waals surface area contributed by atoms with E-state index in [4.69, 9.17) is 40.9 Å². The Bertz CT molecular complexity index is 998. The SMILES string of the molecule is CC(c1ccccn1)[C@]1(CO)O[C@H](OC2[C@@H](CO)O[C@@H](OC3[C@@H](CO)O[C@@H](O)[C@H](N)[C@H]3O)[C@H](N)[C@H]2O)[C@H](N)[C@@H](O)[C@@H]1O. The van der Waals surface area contributed by atoms with E-state index in [1.54, 1.807) is 25.1 Å². The molecule has 3 unspecified atom stereocenters. The molecule has 240 valence electrons. The molecule has 1 aromatic heterocycles. The van der Waals surface area contributed by atoms with Crippen molar-refractivity contribution >= 4 is 0 Å². The van der Waals surface area contributed by atoms with Crippen molar-refractivity contribution < 1.29 is 64.5 Å². The van der Waals surface area contributed by atoms with Crippen LogP contribution in [0.5, 0.6) is 0 Å². The zero-order chi connectivity index (χ0) is 30.9. The Balaban J connectivity index is 1.53. The van der Waals surface area contributed by atoms with Crippen molar-refractivity contribution in [3.63, 3.8) is 0 Å². The Morgan fingerprint density at radius 1 is 0.833 bits per heavy atom. The summed E-state index contributed by atoms with van der Waals surface area (Å²) in [6.07, 6.45) is -14.8. The summed E-state index contributed by atoms with van der Waals surface area (Å²) in [6, 6.07) is 0.989. The van der Waals surface area contributed by atoms with Crippen LogP contribution < -0.4 is 17.2 Å². The van der Waals surface area contributed by atoms with Crippen molar-refractivity contribution in [3.05, 3.63) is 30.1 Å². The molecule has 0 radical (unpaired) electrons. The number of hydrogen-bond acceptors (Lipinski definition) is 17. The van der Waals surface area contributed by atoms with E-state index in [1.807, 2.05) is 0 Å². The van der Waals surface area contributed by atoms with Gasteiger partial charge in [0.25, 0.3) is 0 Å². The van der Waals surface area contributed by atoms with Crippen LogP contribution in [0.25, 0.3) is 0 Å². The second kappa shape index (κ2) is 13.7. The number of rotatable bonds is 9. The number of pyridine rings is 1. The highest BCUT2D eigenvalue weighted by atomic mass is 16.7. The lowest BCUT2D eigenvalue weighted by atomic mass is 9.76. The second-order valence-electron chi connectivity index (χ2n) is 10.9. The first kappa shape index (κ1) is 33.4. The van der Waals surface area contributed by atoms with Gasteiger partial charge in [-0.25, -0.2) is 0 Å². The molecule has 0 aromatic carbocycles. The van der Waals surface area contributed by atoms with Crippen LogP contribution in [0.15, 0.2) is 24.4 Å². The quantitative estimate of drug-likeness (QED) is 0.125. The summed E-state index contributed by atoms with van der Waals surface area (Å²) in [4.78, 5) is 4.25. The third-order valence-corrected chi connectivity index (χ3v) is 8.38. The summed E-state index contributed by atoms with van der Waals surface area (Å²) >= 11 is 0. The van der Waals surface area contributed by atoms with Gasteiger partial charge in [-0.1, -0.05) is 13.0 Å². The number of nitrogens with zero attached hydrogens (tertiary/aromatic N) is 1. The van der Waals surface area contributed by atoms with Crippen molar-refractivity contribution in [1.29, 1.82) is 0 Å². The maximum Gasteiger partial charge on any atom is 0.176 e.